The predicted molar refractivity (Wildman–Crippen MR) is 244 cm³/mol. The van der Waals surface area contributed by atoms with Crippen molar-refractivity contribution < 1.29 is 87.5 Å². The third-order valence-electron chi connectivity index (χ3n) is 15.2. The first-order chi connectivity index (χ1) is 33.6. The molecule has 3 aromatic rings. The number of benzene rings is 3. The van der Waals surface area contributed by atoms with E-state index in [1.54, 1.807) is 78.9 Å². The maximum atomic E-state index is 16.2. The summed E-state index contributed by atoms with van der Waals surface area (Å²) in [4.78, 5) is 85.6. The number of aliphatic hydroxyl groups is 5. The Labute approximate surface area is 409 Å². The molecule has 3 aliphatic carbocycles. The van der Waals surface area contributed by atoms with Crippen LogP contribution in [-0.4, -0.2) is 147 Å². The van der Waals surface area contributed by atoms with Crippen LogP contribution >= 0.6 is 0 Å². The highest BCUT2D eigenvalue weighted by Gasteiger charge is 2.79. The summed E-state index contributed by atoms with van der Waals surface area (Å²) >= 11 is 0. The lowest BCUT2D eigenvalue weighted by molar-refractivity contribution is -0.358. The largest absolute Gasteiger partial charge is 0.456 e. The van der Waals surface area contributed by atoms with Gasteiger partial charge in [-0.2, -0.15) is 0 Å². The Morgan fingerprint density at radius 3 is 1.99 bits per heavy atom. The van der Waals surface area contributed by atoms with Crippen molar-refractivity contribution in [3.8, 4) is 0 Å². The summed E-state index contributed by atoms with van der Waals surface area (Å²) in [5, 5.41) is 60.5. The first-order valence-corrected chi connectivity index (χ1v) is 23.4. The highest BCUT2D eigenvalue weighted by atomic mass is 16.7. The maximum Gasteiger partial charge on any atom is 0.338 e. The van der Waals surface area contributed by atoms with Crippen LogP contribution in [0.15, 0.2) is 102 Å². The van der Waals surface area contributed by atoms with Gasteiger partial charge < -0.3 is 64.0 Å². The van der Waals surface area contributed by atoms with Gasteiger partial charge in [-0.25, -0.2) is 9.59 Å². The average Bonchev–Trinajstić information content (AvgIpc) is 3.61. The second-order valence-corrected chi connectivity index (χ2v) is 19.7. The zero-order valence-corrected chi connectivity index (χ0v) is 40.0. The van der Waals surface area contributed by atoms with Crippen LogP contribution in [0.5, 0.6) is 0 Å². The van der Waals surface area contributed by atoms with E-state index in [2.05, 4.69) is 5.32 Å². The number of hydrogen-bond donors (Lipinski definition) is 6. The van der Waals surface area contributed by atoms with Crippen LogP contribution in [0.3, 0.4) is 0 Å². The van der Waals surface area contributed by atoms with Crippen LogP contribution < -0.4 is 5.32 Å². The van der Waals surface area contributed by atoms with E-state index in [-0.39, 0.29) is 28.7 Å². The molecule has 2 aliphatic heterocycles. The van der Waals surface area contributed by atoms with Gasteiger partial charge in [-0.05, 0) is 54.8 Å². The standard InChI is InChI=1S/C52H59NO18/c1-26-32(67-47(63)39(58)37(29-16-10-7-11-17-29)53-45(61)30-18-12-8-13-19-30)23-52(64)44(70-46(62)31-20-14-9-15-21-31)42-50(6,43(60)41(66-27(2)55)36(26)49(52,4)5)34(22-35-51(42,25-65-35)71-28(3)56)69-48-40(59)38(57)33(24-54)68-48/h7-21,32-35,37-42,44,48,54,57-59,64H,22-25H2,1-6H3,(H,53,61)/t32-,33+,34-,35+,37-,38-,39+,40+,41+,42-,44-,48-,50+,51-,52+/m0/s1. The van der Waals surface area contributed by atoms with E-state index in [0.717, 1.165) is 13.8 Å². The number of Topliss-reactive ketones (excluding diaryl/α,β-unsaturated/α-hetero) is 1. The molecule has 5 aliphatic rings. The molecule has 3 aromatic carbocycles. The summed E-state index contributed by atoms with van der Waals surface area (Å²) in [5.41, 5.74) is -7.76. The quantitative estimate of drug-likeness (QED) is 0.0813. The highest BCUT2D eigenvalue weighted by Crippen LogP contribution is 2.65. The molecule has 15 atom stereocenters. The fourth-order valence-corrected chi connectivity index (χ4v) is 11.5. The highest BCUT2D eigenvalue weighted by molar-refractivity contribution is 5.96. The number of hydrogen-bond acceptors (Lipinski definition) is 18. The van der Waals surface area contributed by atoms with Gasteiger partial charge in [-0.3, -0.25) is 19.2 Å². The van der Waals surface area contributed by atoms with Gasteiger partial charge in [0.1, 0.15) is 42.2 Å². The number of carbonyl (C=O) groups excluding carboxylic acids is 6. The molecule has 0 aromatic heterocycles. The van der Waals surface area contributed by atoms with Crippen molar-refractivity contribution in [1.29, 1.82) is 0 Å². The van der Waals surface area contributed by atoms with Crippen molar-refractivity contribution in [3.63, 3.8) is 0 Å². The lowest BCUT2D eigenvalue weighted by atomic mass is 9.44. The van der Waals surface area contributed by atoms with Gasteiger partial charge in [0.25, 0.3) is 5.91 Å². The number of nitrogens with one attached hydrogen (secondary N) is 1. The van der Waals surface area contributed by atoms with Crippen LogP contribution in [0.4, 0.5) is 0 Å². The zero-order valence-electron chi connectivity index (χ0n) is 40.0. The lowest BCUT2D eigenvalue weighted by Crippen LogP contribution is -2.82. The third-order valence-corrected chi connectivity index (χ3v) is 15.2. The van der Waals surface area contributed by atoms with Crippen LogP contribution in [0.2, 0.25) is 0 Å². The summed E-state index contributed by atoms with van der Waals surface area (Å²) in [6, 6.07) is 22.6. The Balaban J connectivity index is 1.30. The first kappa shape index (κ1) is 51.5. The predicted octanol–water partition coefficient (Wildman–Crippen LogP) is 2.20. The van der Waals surface area contributed by atoms with Crippen molar-refractivity contribution >= 4 is 35.6 Å². The minimum atomic E-state index is -2.51. The van der Waals surface area contributed by atoms with Crippen molar-refractivity contribution in [2.24, 2.45) is 16.7 Å². The first-order valence-electron chi connectivity index (χ1n) is 23.4. The van der Waals surface area contributed by atoms with Crippen LogP contribution in [0, 0.1) is 16.7 Å². The van der Waals surface area contributed by atoms with E-state index in [4.69, 9.17) is 33.2 Å². The molecule has 19 nitrogen and oxygen atoms in total. The Hall–Kier alpha value is -5.90. The SMILES string of the molecule is CC(=O)O[C@H]1C(=O)[C@]2(C)[C@@H](O[C@@H]3O[C@H](CO)[C@H](O)[C@H]3O)C[C@H]3OC[C@@]3(OC(C)=O)[C@H]2[C@H](OC(=O)c2ccccc2)[C@]2(O)C[C@H](OC(=O)[C@H](O)[C@@H](NC(=O)c3ccccc3)c3ccccc3)C(C)=C1C2(C)C. The number of fused-ring (bicyclic) bond motifs is 5. The van der Waals surface area contributed by atoms with Gasteiger partial charge in [-0.15, -0.1) is 0 Å². The van der Waals surface area contributed by atoms with E-state index in [1.807, 2.05) is 0 Å². The molecule has 0 spiro atoms. The number of rotatable bonds is 13. The third kappa shape index (κ3) is 8.85. The number of carbonyl (C=O) groups is 6. The van der Waals surface area contributed by atoms with Crippen molar-refractivity contribution in [2.45, 2.75) is 133 Å². The summed E-state index contributed by atoms with van der Waals surface area (Å²) in [5.74, 6) is -7.30. The lowest BCUT2D eigenvalue weighted by Gasteiger charge is -2.68. The molecular formula is C52H59NO18. The van der Waals surface area contributed by atoms with Crippen LogP contribution in [0.25, 0.3) is 0 Å². The summed E-state index contributed by atoms with van der Waals surface area (Å²) < 4.78 is 43.2. The van der Waals surface area contributed by atoms with Crippen molar-refractivity contribution in [3.05, 3.63) is 119 Å². The fraction of sp³-hybridized carbons (Fsp3) is 0.500. The molecule has 19 heteroatoms. The molecule has 1 amide bonds. The summed E-state index contributed by atoms with van der Waals surface area (Å²) in [6.07, 6.45) is -17.5. The van der Waals surface area contributed by atoms with Gasteiger partial charge in [-0.1, -0.05) is 80.6 Å². The molecule has 0 radical (unpaired) electrons. The van der Waals surface area contributed by atoms with E-state index in [0.29, 0.717) is 5.56 Å². The van der Waals surface area contributed by atoms with E-state index >= 15 is 4.79 Å². The minimum absolute atomic E-state index is 0.0122. The monoisotopic (exact) mass is 985 g/mol. The van der Waals surface area contributed by atoms with E-state index in [1.165, 1.54) is 39.8 Å². The zero-order chi connectivity index (χ0) is 51.4. The number of aliphatic hydroxyl groups excluding tert-OH is 4. The number of ketones is 1. The van der Waals surface area contributed by atoms with Gasteiger partial charge >= 0.3 is 23.9 Å². The maximum absolute atomic E-state index is 16.2. The number of esters is 4. The topological polar surface area (TPSA) is 280 Å². The van der Waals surface area contributed by atoms with E-state index < -0.39 is 150 Å². The van der Waals surface area contributed by atoms with Gasteiger partial charge in [0.15, 0.2) is 29.9 Å². The van der Waals surface area contributed by atoms with Crippen LogP contribution in [0.1, 0.15) is 86.7 Å². The smallest absolute Gasteiger partial charge is 0.338 e. The van der Waals surface area contributed by atoms with Gasteiger partial charge in [0.2, 0.25) is 0 Å². The number of ether oxygens (including phenoxy) is 7. The molecule has 2 heterocycles. The normalized spacial score (nSPS) is 34.7. The summed E-state index contributed by atoms with van der Waals surface area (Å²) in [7, 11) is 0. The summed E-state index contributed by atoms with van der Waals surface area (Å²) in [6.45, 7) is 7.01. The Kier molecular flexibility index (Phi) is 14.2. The molecule has 8 rings (SSSR count). The average molecular weight is 986 g/mol. The molecule has 71 heavy (non-hydrogen) atoms. The van der Waals surface area contributed by atoms with Crippen molar-refractivity contribution in [1.82, 2.24) is 5.32 Å². The molecule has 6 N–H and O–H groups in total. The Bertz CT molecular complexity index is 2560. The van der Waals surface area contributed by atoms with Crippen molar-refractivity contribution in [2.75, 3.05) is 13.2 Å². The molecule has 2 saturated heterocycles. The fourth-order valence-electron chi connectivity index (χ4n) is 11.5. The molecule has 4 fully saturated rings. The second kappa shape index (κ2) is 19.6. The second-order valence-electron chi connectivity index (χ2n) is 19.7. The Morgan fingerprint density at radius 1 is 0.831 bits per heavy atom. The van der Waals surface area contributed by atoms with E-state index in [9.17, 15) is 49.5 Å². The molecule has 380 valence electrons. The Morgan fingerprint density at radius 2 is 1.44 bits per heavy atom. The molecular weight excluding hydrogens is 927 g/mol. The molecule has 0 unspecified atom stereocenters. The number of amides is 1. The molecule has 2 saturated carbocycles. The van der Waals surface area contributed by atoms with Gasteiger partial charge in [0, 0.05) is 37.7 Å². The molecule has 2 bridgehead atoms. The van der Waals surface area contributed by atoms with Crippen LogP contribution in [-0.2, 0) is 52.3 Å². The minimum Gasteiger partial charge on any atom is -0.456 e. The van der Waals surface area contributed by atoms with Gasteiger partial charge in [0.05, 0.1) is 42.3 Å².